The van der Waals surface area contributed by atoms with Crippen molar-refractivity contribution in [2.75, 3.05) is 13.1 Å². The van der Waals surface area contributed by atoms with Crippen LogP contribution in [0.4, 0.5) is 4.39 Å². The fourth-order valence-electron chi connectivity index (χ4n) is 2.19. The highest BCUT2D eigenvalue weighted by Gasteiger charge is 2.29. The Labute approximate surface area is 129 Å². The largest absolute Gasteiger partial charge is 0.245 e. The lowest BCUT2D eigenvalue weighted by Crippen LogP contribution is -2.32. The van der Waals surface area contributed by atoms with E-state index in [1.807, 2.05) is 0 Å². The second kappa shape index (κ2) is 6.20. The molecule has 2 rings (SSSR count). The van der Waals surface area contributed by atoms with Gasteiger partial charge in [-0.15, -0.1) is 0 Å². The van der Waals surface area contributed by atoms with Crippen molar-refractivity contribution in [1.29, 1.82) is 0 Å². The molecule has 0 N–H and O–H groups in total. The molecule has 0 spiro atoms. The number of benzene rings is 1. The smallest absolute Gasteiger partial charge is 0.207 e. The molecule has 1 aromatic carbocycles. The predicted octanol–water partition coefficient (Wildman–Crippen LogP) is 3.92. The first-order valence-electron chi connectivity index (χ1n) is 6.07. The van der Waals surface area contributed by atoms with Crippen LogP contribution in [0.5, 0.6) is 0 Å². The summed E-state index contributed by atoms with van der Waals surface area (Å²) in [7, 11) is -3.59. The van der Waals surface area contributed by atoms with E-state index in [1.165, 1.54) is 16.4 Å². The summed E-state index contributed by atoms with van der Waals surface area (Å²) in [5.41, 5.74) is 0. The first kappa shape index (κ1) is 15.4. The molecule has 1 heterocycles. The van der Waals surface area contributed by atoms with Crippen LogP contribution < -0.4 is 0 Å². The Morgan fingerprint density at radius 2 is 1.47 bits per heavy atom. The van der Waals surface area contributed by atoms with E-state index in [9.17, 15) is 12.8 Å². The summed E-state index contributed by atoms with van der Waals surface area (Å²) >= 11 is 6.29. The van der Waals surface area contributed by atoms with E-state index >= 15 is 0 Å². The summed E-state index contributed by atoms with van der Waals surface area (Å²) in [6, 6.07) is 2.35. The highest BCUT2D eigenvalue weighted by atomic mass is 79.9. The molecular formula is C12H14Br2FNO2S. The predicted molar refractivity (Wildman–Crippen MR) is 79.0 cm³/mol. The molecule has 0 amide bonds. The maximum Gasteiger partial charge on any atom is 0.245 e. The Morgan fingerprint density at radius 1 is 1.00 bits per heavy atom. The van der Waals surface area contributed by atoms with Gasteiger partial charge in [0.2, 0.25) is 10.0 Å². The molecule has 1 aliphatic heterocycles. The zero-order valence-corrected chi connectivity index (χ0v) is 14.2. The maximum atomic E-state index is 13.2. The Balaban J connectivity index is 2.44. The van der Waals surface area contributed by atoms with E-state index in [2.05, 4.69) is 31.9 Å². The van der Waals surface area contributed by atoms with E-state index in [1.54, 1.807) is 0 Å². The van der Waals surface area contributed by atoms with Crippen LogP contribution >= 0.6 is 31.9 Å². The average Bonchev–Trinajstić information content (AvgIpc) is 2.55. The highest BCUT2D eigenvalue weighted by molar-refractivity contribution is 9.11. The monoisotopic (exact) mass is 413 g/mol. The topological polar surface area (TPSA) is 37.4 Å². The first-order chi connectivity index (χ1) is 8.93. The Hall–Kier alpha value is 0.0200. The van der Waals surface area contributed by atoms with E-state index < -0.39 is 15.8 Å². The van der Waals surface area contributed by atoms with Gasteiger partial charge in [0.05, 0.1) is 0 Å². The third kappa shape index (κ3) is 3.37. The standard InChI is InChI=1S/C12H14Br2FNO2S/c13-10-7-9(15)8-11(14)12(10)19(17,18)16-5-3-1-2-4-6-16/h7-8H,1-6H2. The molecule has 0 saturated carbocycles. The molecule has 0 bridgehead atoms. The maximum absolute atomic E-state index is 13.2. The minimum absolute atomic E-state index is 0.107. The van der Waals surface area contributed by atoms with Crippen LogP contribution in [0, 0.1) is 5.82 Å². The number of nitrogens with zero attached hydrogens (tertiary/aromatic N) is 1. The van der Waals surface area contributed by atoms with Gasteiger partial charge in [-0.1, -0.05) is 12.8 Å². The van der Waals surface area contributed by atoms with Gasteiger partial charge in [-0.3, -0.25) is 0 Å². The molecule has 106 valence electrons. The molecule has 7 heteroatoms. The molecule has 1 aromatic rings. The van der Waals surface area contributed by atoms with E-state index in [4.69, 9.17) is 0 Å². The van der Waals surface area contributed by atoms with E-state index in [0.29, 0.717) is 13.1 Å². The van der Waals surface area contributed by atoms with Crippen LogP contribution in [-0.4, -0.2) is 25.8 Å². The van der Waals surface area contributed by atoms with Crippen molar-refractivity contribution in [2.45, 2.75) is 30.6 Å². The summed E-state index contributed by atoms with van der Waals surface area (Å²) in [4.78, 5) is 0.107. The lowest BCUT2D eigenvalue weighted by Gasteiger charge is -2.21. The summed E-state index contributed by atoms with van der Waals surface area (Å²) in [5.74, 6) is -0.478. The summed E-state index contributed by atoms with van der Waals surface area (Å²) < 4.78 is 40.5. The van der Waals surface area contributed by atoms with Gasteiger partial charge >= 0.3 is 0 Å². The average molecular weight is 415 g/mol. The second-order valence-corrected chi connectivity index (χ2v) is 8.10. The second-order valence-electron chi connectivity index (χ2n) is 4.52. The Bertz CT molecular complexity index is 546. The zero-order valence-electron chi connectivity index (χ0n) is 10.2. The SMILES string of the molecule is O=S(=O)(c1c(Br)cc(F)cc1Br)N1CCCCCC1. The molecule has 0 aromatic heterocycles. The van der Waals surface area contributed by atoms with Crippen molar-refractivity contribution < 1.29 is 12.8 Å². The van der Waals surface area contributed by atoms with Gasteiger partial charge in [0.15, 0.2) is 0 Å². The molecular weight excluding hydrogens is 401 g/mol. The van der Waals surface area contributed by atoms with Gasteiger partial charge in [-0.2, -0.15) is 4.31 Å². The summed E-state index contributed by atoms with van der Waals surface area (Å²) in [6.07, 6.45) is 3.85. The molecule has 1 saturated heterocycles. The third-order valence-corrected chi connectivity index (χ3v) is 6.90. The molecule has 19 heavy (non-hydrogen) atoms. The van der Waals surface area contributed by atoms with Crippen molar-refractivity contribution >= 4 is 41.9 Å². The van der Waals surface area contributed by atoms with Gasteiger partial charge in [0.25, 0.3) is 0 Å². The molecule has 0 radical (unpaired) electrons. The molecule has 1 aliphatic rings. The number of rotatable bonds is 2. The van der Waals surface area contributed by atoms with Gasteiger partial charge in [-0.05, 0) is 56.8 Å². The van der Waals surface area contributed by atoms with Crippen LogP contribution in [0.25, 0.3) is 0 Å². The molecule has 0 aliphatic carbocycles. The quantitative estimate of drug-likeness (QED) is 0.735. The van der Waals surface area contributed by atoms with E-state index in [0.717, 1.165) is 25.7 Å². The van der Waals surface area contributed by atoms with Crippen LogP contribution in [0.3, 0.4) is 0 Å². The minimum Gasteiger partial charge on any atom is -0.207 e. The van der Waals surface area contributed by atoms with Crippen LogP contribution in [-0.2, 0) is 10.0 Å². The van der Waals surface area contributed by atoms with Crippen LogP contribution in [0.1, 0.15) is 25.7 Å². The first-order valence-corrected chi connectivity index (χ1v) is 9.10. The van der Waals surface area contributed by atoms with Crippen molar-refractivity contribution in [3.63, 3.8) is 0 Å². The number of hydrogen-bond donors (Lipinski definition) is 0. The fourth-order valence-corrected chi connectivity index (χ4v) is 6.15. The van der Waals surface area contributed by atoms with Crippen molar-refractivity contribution in [3.05, 3.63) is 26.9 Å². The number of sulfonamides is 1. The summed E-state index contributed by atoms with van der Waals surface area (Å²) in [5, 5.41) is 0. The lowest BCUT2D eigenvalue weighted by atomic mass is 10.2. The van der Waals surface area contributed by atoms with Crippen LogP contribution in [0.15, 0.2) is 26.0 Å². The Kier molecular flexibility index (Phi) is 5.03. The molecule has 3 nitrogen and oxygen atoms in total. The lowest BCUT2D eigenvalue weighted by molar-refractivity contribution is 0.423. The van der Waals surface area contributed by atoms with Gasteiger partial charge < -0.3 is 0 Å². The minimum atomic E-state index is -3.59. The third-order valence-electron chi connectivity index (χ3n) is 3.13. The normalized spacial score (nSPS) is 18.3. The highest BCUT2D eigenvalue weighted by Crippen LogP contribution is 2.33. The zero-order chi connectivity index (χ0) is 14.0. The molecule has 1 fully saturated rings. The van der Waals surface area contributed by atoms with E-state index in [-0.39, 0.29) is 13.8 Å². The van der Waals surface area contributed by atoms with Crippen LogP contribution in [0.2, 0.25) is 0 Å². The summed E-state index contributed by atoms with van der Waals surface area (Å²) in [6.45, 7) is 1.05. The van der Waals surface area contributed by atoms with Crippen molar-refractivity contribution in [1.82, 2.24) is 4.31 Å². The Morgan fingerprint density at radius 3 is 1.95 bits per heavy atom. The molecule has 0 unspecified atom stereocenters. The van der Waals surface area contributed by atoms with Gasteiger partial charge in [0, 0.05) is 22.0 Å². The molecule has 0 atom stereocenters. The van der Waals surface area contributed by atoms with Crippen molar-refractivity contribution in [2.24, 2.45) is 0 Å². The van der Waals surface area contributed by atoms with Gasteiger partial charge in [-0.25, -0.2) is 12.8 Å². The number of hydrogen-bond acceptors (Lipinski definition) is 2. The number of halogens is 3. The van der Waals surface area contributed by atoms with Gasteiger partial charge in [0.1, 0.15) is 10.7 Å². The fraction of sp³-hybridized carbons (Fsp3) is 0.500. The van der Waals surface area contributed by atoms with Crippen molar-refractivity contribution in [3.8, 4) is 0 Å².